The lowest BCUT2D eigenvalue weighted by Crippen LogP contribution is -2.44. The van der Waals surface area contributed by atoms with Crippen LogP contribution in [0.1, 0.15) is 34.8 Å². The number of methoxy groups -OCH3 is 1. The van der Waals surface area contributed by atoms with Crippen LogP contribution < -0.4 is 15.0 Å². The normalized spacial score (nSPS) is 18.4. The Bertz CT molecular complexity index is 1560. The molecule has 0 bridgehead atoms. The van der Waals surface area contributed by atoms with Gasteiger partial charge in [-0.2, -0.15) is 5.10 Å². The molecule has 1 fully saturated rings. The summed E-state index contributed by atoms with van der Waals surface area (Å²) in [5.41, 5.74) is 5.62. The van der Waals surface area contributed by atoms with E-state index in [0.717, 1.165) is 58.8 Å². The maximum atomic E-state index is 13.9. The van der Waals surface area contributed by atoms with Crippen LogP contribution in [0.4, 0.5) is 5.82 Å². The summed E-state index contributed by atoms with van der Waals surface area (Å²) in [5.74, 6) is 1.18. The van der Waals surface area contributed by atoms with Gasteiger partial charge in [0.25, 0.3) is 0 Å². The third kappa shape index (κ3) is 5.80. The third-order valence-electron chi connectivity index (χ3n) is 7.65. The summed E-state index contributed by atoms with van der Waals surface area (Å²) in [4.78, 5) is 28.8. The molecule has 0 radical (unpaired) electrons. The van der Waals surface area contributed by atoms with Gasteiger partial charge in [0, 0.05) is 24.3 Å². The average molecular weight is 583 g/mol. The number of hydrogen-bond acceptors (Lipinski definition) is 6. The lowest BCUT2D eigenvalue weighted by atomic mass is 9.98. The summed E-state index contributed by atoms with van der Waals surface area (Å²) >= 11 is 1.57. The lowest BCUT2D eigenvalue weighted by Gasteiger charge is -2.23. The second-order valence-corrected chi connectivity index (χ2v) is 11.7. The molecule has 1 saturated heterocycles. The van der Waals surface area contributed by atoms with Crippen LogP contribution in [0.15, 0.2) is 78.9 Å². The molecule has 0 aliphatic carbocycles. The zero-order valence-corrected chi connectivity index (χ0v) is 24.6. The van der Waals surface area contributed by atoms with Crippen molar-refractivity contribution >= 4 is 29.4 Å². The van der Waals surface area contributed by atoms with Gasteiger partial charge in [-0.1, -0.05) is 60.2 Å². The molecule has 0 unspecified atom stereocenters. The number of nitrogens with zero attached hydrogens (tertiary/aromatic N) is 3. The van der Waals surface area contributed by atoms with E-state index in [4.69, 9.17) is 14.6 Å². The summed E-state index contributed by atoms with van der Waals surface area (Å²) in [6, 6.07) is 26.0. The molecule has 3 aromatic carbocycles. The van der Waals surface area contributed by atoms with Crippen LogP contribution in [-0.4, -0.2) is 60.3 Å². The monoisotopic (exact) mass is 582 g/mol. The highest BCUT2D eigenvalue weighted by Gasteiger charge is 2.37. The Morgan fingerprint density at radius 2 is 1.90 bits per heavy atom. The molecule has 42 heavy (non-hydrogen) atoms. The molecule has 3 heterocycles. The van der Waals surface area contributed by atoms with E-state index in [9.17, 15) is 9.59 Å². The zero-order chi connectivity index (χ0) is 29.1. The predicted octanol–water partition coefficient (Wildman–Crippen LogP) is 5.32. The van der Waals surface area contributed by atoms with Crippen LogP contribution in [0.25, 0.3) is 16.9 Å². The molecule has 9 heteroatoms. The lowest BCUT2D eigenvalue weighted by molar-refractivity contribution is -0.123. The topological polar surface area (TPSA) is 85.7 Å². The number of carbonyl (C=O) groups is 2. The Hall–Kier alpha value is -4.08. The van der Waals surface area contributed by atoms with Gasteiger partial charge in [0.1, 0.15) is 18.1 Å². The van der Waals surface area contributed by atoms with Crippen molar-refractivity contribution in [2.45, 2.75) is 31.1 Å². The first-order chi connectivity index (χ1) is 20.5. The number of thioether (sulfide) groups is 1. The Morgan fingerprint density at radius 3 is 2.62 bits per heavy atom. The number of amides is 2. The van der Waals surface area contributed by atoms with E-state index in [1.165, 1.54) is 0 Å². The average Bonchev–Trinajstić information content (AvgIpc) is 3.65. The molecule has 8 nitrogen and oxygen atoms in total. The molecular formula is C33H34N4O4S. The fraction of sp³-hybridized carbons (Fsp3) is 0.303. The van der Waals surface area contributed by atoms with Gasteiger partial charge in [-0.3, -0.25) is 14.5 Å². The van der Waals surface area contributed by atoms with Gasteiger partial charge in [0.05, 0.1) is 35.6 Å². The fourth-order valence-corrected chi connectivity index (χ4v) is 6.75. The third-order valence-corrected chi connectivity index (χ3v) is 8.91. The summed E-state index contributed by atoms with van der Waals surface area (Å²) < 4.78 is 12.9. The van der Waals surface area contributed by atoms with Crippen LogP contribution in [0.5, 0.6) is 5.75 Å². The second-order valence-electron chi connectivity index (χ2n) is 10.6. The largest absolute Gasteiger partial charge is 0.497 e. The predicted molar refractivity (Wildman–Crippen MR) is 165 cm³/mol. The molecule has 2 atom stereocenters. The number of ether oxygens (including phenoxy) is 2. The van der Waals surface area contributed by atoms with Crippen LogP contribution in [-0.2, 0) is 14.3 Å². The smallest absolute Gasteiger partial charge is 0.240 e. The number of carbonyl (C=O) groups excluding carboxylic acids is 2. The number of rotatable bonds is 8. The molecule has 216 valence electrons. The molecule has 0 spiro atoms. The highest BCUT2D eigenvalue weighted by Crippen LogP contribution is 2.48. The first kappa shape index (κ1) is 28.1. The van der Waals surface area contributed by atoms with Gasteiger partial charge < -0.3 is 14.8 Å². The number of aryl methyl sites for hydroxylation is 1. The van der Waals surface area contributed by atoms with Crippen molar-refractivity contribution in [3.05, 3.63) is 95.6 Å². The van der Waals surface area contributed by atoms with Crippen molar-refractivity contribution in [2.24, 2.45) is 0 Å². The van der Waals surface area contributed by atoms with E-state index in [1.54, 1.807) is 28.5 Å². The second kappa shape index (κ2) is 12.4. The zero-order valence-electron chi connectivity index (χ0n) is 23.8. The Balaban J connectivity index is 1.51. The highest BCUT2D eigenvalue weighted by atomic mass is 32.2. The summed E-state index contributed by atoms with van der Waals surface area (Å²) in [6.45, 7) is 3.10. The van der Waals surface area contributed by atoms with E-state index < -0.39 is 0 Å². The Kier molecular flexibility index (Phi) is 8.30. The Morgan fingerprint density at radius 1 is 1.10 bits per heavy atom. The Labute approximate surface area is 250 Å². The minimum absolute atomic E-state index is 0.0140. The first-order valence-electron chi connectivity index (χ1n) is 14.2. The summed E-state index contributed by atoms with van der Waals surface area (Å²) in [6.07, 6.45) is 1.93. The van der Waals surface area contributed by atoms with E-state index in [0.29, 0.717) is 12.4 Å². The van der Waals surface area contributed by atoms with Crippen molar-refractivity contribution in [3.8, 4) is 22.7 Å². The van der Waals surface area contributed by atoms with Crippen molar-refractivity contribution in [2.75, 3.05) is 37.5 Å². The number of hydrogen-bond donors (Lipinski definition) is 1. The van der Waals surface area contributed by atoms with Gasteiger partial charge in [0.15, 0.2) is 0 Å². The van der Waals surface area contributed by atoms with Crippen molar-refractivity contribution in [1.82, 2.24) is 15.1 Å². The molecule has 2 aliphatic heterocycles. The molecule has 6 rings (SSSR count). The summed E-state index contributed by atoms with van der Waals surface area (Å²) in [5, 5.41) is 7.97. The molecule has 1 N–H and O–H groups in total. The van der Waals surface area contributed by atoms with E-state index in [2.05, 4.69) is 30.4 Å². The van der Waals surface area contributed by atoms with E-state index in [1.807, 2.05) is 60.7 Å². The summed E-state index contributed by atoms with van der Waals surface area (Å²) in [7, 11) is 1.63. The highest BCUT2D eigenvalue weighted by molar-refractivity contribution is 8.00. The van der Waals surface area contributed by atoms with Gasteiger partial charge in [-0.25, -0.2) is 4.68 Å². The van der Waals surface area contributed by atoms with Gasteiger partial charge in [0.2, 0.25) is 11.8 Å². The van der Waals surface area contributed by atoms with E-state index >= 15 is 0 Å². The number of nitrogens with one attached hydrogen (secondary N) is 1. The molecule has 2 aliphatic rings. The molecule has 4 aromatic rings. The standard InChI is InChI=1S/C33H34N4O4S/c1-22-8-6-11-24(18-22)32-30-31(23-9-4-3-5-10-23)35-37(25-13-15-26(40-2)16-14-25)33(30)36(29(39)21-42-32)20-28(38)34-19-27-12-7-17-41-27/h3-6,8-11,13-16,18,27,32H,7,12,17,19-21H2,1-2H3,(H,34,38)/t27-,32+/m1/s1. The molecule has 2 amide bonds. The van der Waals surface area contributed by atoms with Gasteiger partial charge in [-0.05, 0) is 49.6 Å². The van der Waals surface area contributed by atoms with Gasteiger partial charge in [-0.15, -0.1) is 11.8 Å². The van der Waals surface area contributed by atoms with Crippen LogP contribution in [0.3, 0.4) is 0 Å². The van der Waals surface area contributed by atoms with E-state index in [-0.39, 0.29) is 35.5 Å². The number of aromatic nitrogens is 2. The van der Waals surface area contributed by atoms with Crippen LogP contribution in [0, 0.1) is 6.92 Å². The maximum Gasteiger partial charge on any atom is 0.240 e. The SMILES string of the molecule is COc1ccc(-n2nc(-c3ccccc3)c3c2N(CC(=O)NC[C@H]2CCCO2)C(=O)CS[C@H]3c2cccc(C)c2)cc1. The molecular weight excluding hydrogens is 548 g/mol. The minimum atomic E-state index is -0.229. The number of benzene rings is 3. The van der Waals surface area contributed by atoms with Crippen molar-refractivity contribution in [3.63, 3.8) is 0 Å². The molecule has 0 saturated carbocycles. The minimum Gasteiger partial charge on any atom is -0.497 e. The quantitative estimate of drug-likeness (QED) is 0.303. The van der Waals surface area contributed by atoms with Crippen LogP contribution >= 0.6 is 11.8 Å². The number of anilines is 1. The van der Waals surface area contributed by atoms with Gasteiger partial charge >= 0.3 is 0 Å². The van der Waals surface area contributed by atoms with Crippen molar-refractivity contribution < 1.29 is 19.1 Å². The molecule has 1 aromatic heterocycles. The number of fused-ring (bicyclic) bond motifs is 1. The maximum absolute atomic E-state index is 13.9. The first-order valence-corrected chi connectivity index (χ1v) is 15.3. The van der Waals surface area contributed by atoms with Crippen LogP contribution in [0.2, 0.25) is 0 Å². The fourth-order valence-electron chi connectivity index (χ4n) is 5.56. The van der Waals surface area contributed by atoms with Crippen molar-refractivity contribution in [1.29, 1.82) is 0 Å².